The van der Waals surface area contributed by atoms with Crippen LogP contribution in [0.2, 0.25) is 0 Å². The Balaban J connectivity index is 1.80. The number of piperidine rings is 1. The molecule has 2 amide bonds. The van der Waals surface area contributed by atoms with E-state index in [0.717, 1.165) is 25.7 Å². The normalized spacial score (nSPS) is 29.4. The van der Waals surface area contributed by atoms with Crippen molar-refractivity contribution in [2.45, 2.75) is 69.6 Å². The molecule has 1 aliphatic carbocycles. The minimum Gasteiger partial charge on any atom is -0.353 e. The van der Waals surface area contributed by atoms with Gasteiger partial charge in [-0.1, -0.05) is 12.8 Å². The first-order valence-electron chi connectivity index (χ1n) is 8.52. The van der Waals surface area contributed by atoms with Crippen molar-refractivity contribution in [1.29, 1.82) is 0 Å². The van der Waals surface area contributed by atoms with Crippen molar-refractivity contribution in [2.24, 2.45) is 11.7 Å². The molecule has 2 unspecified atom stereocenters. The standard InChI is InChI=1S/C16H26F3N3O2/c1-15(20)7-3-2-4-12(15)14(24)21-11-5-8-22(9-6-11)13(23)10-16(17,18)19/h11-12H,2-10,20H2,1H3,(H,21,24). The molecule has 2 fully saturated rings. The molecule has 0 aromatic rings. The van der Waals surface area contributed by atoms with Crippen molar-refractivity contribution in [3.05, 3.63) is 0 Å². The van der Waals surface area contributed by atoms with Crippen molar-refractivity contribution in [2.75, 3.05) is 13.1 Å². The second kappa shape index (κ2) is 7.29. The number of nitrogens with two attached hydrogens (primary N) is 1. The maximum atomic E-state index is 12.5. The minimum atomic E-state index is -4.48. The van der Waals surface area contributed by atoms with Crippen LogP contribution < -0.4 is 11.1 Å². The third-order valence-electron chi connectivity index (χ3n) is 5.12. The highest BCUT2D eigenvalue weighted by atomic mass is 19.4. The predicted octanol–water partition coefficient (Wildman–Crippen LogP) is 1.95. The van der Waals surface area contributed by atoms with Gasteiger partial charge in [-0.15, -0.1) is 0 Å². The lowest BCUT2D eigenvalue weighted by Crippen LogP contribution is -2.55. The lowest BCUT2D eigenvalue weighted by atomic mass is 9.74. The molecule has 1 saturated heterocycles. The molecule has 138 valence electrons. The third kappa shape index (κ3) is 5.09. The van der Waals surface area contributed by atoms with Crippen molar-refractivity contribution in [3.63, 3.8) is 0 Å². The van der Waals surface area contributed by atoms with E-state index in [9.17, 15) is 22.8 Å². The Labute approximate surface area is 140 Å². The van der Waals surface area contributed by atoms with E-state index in [1.54, 1.807) is 0 Å². The Morgan fingerprint density at radius 1 is 1.21 bits per heavy atom. The topological polar surface area (TPSA) is 75.4 Å². The fourth-order valence-corrected chi connectivity index (χ4v) is 3.65. The Hall–Kier alpha value is -1.31. The molecule has 0 aromatic carbocycles. The molecule has 5 nitrogen and oxygen atoms in total. The number of nitrogens with one attached hydrogen (secondary N) is 1. The molecule has 1 aliphatic heterocycles. The molecule has 2 rings (SSSR count). The van der Waals surface area contributed by atoms with Crippen molar-refractivity contribution in [1.82, 2.24) is 10.2 Å². The summed E-state index contributed by atoms with van der Waals surface area (Å²) in [5, 5.41) is 2.97. The summed E-state index contributed by atoms with van der Waals surface area (Å²) in [6, 6.07) is -0.106. The van der Waals surface area contributed by atoms with Crippen LogP contribution in [0.15, 0.2) is 0 Å². The van der Waals surface area contributed by atoms with Crippen LogP contribution in [0, 0.1) is 5.92 Å². The summed E-state index contributed by atoms with van der Waals surface area (Å²) in [6.45, 7) is 2.38. The molecule has 3 N–H and O–H groups in total. The predicted molar refractivity (Wildman–Crippen MR) is 83.0 cm³/mol. The maximum absolute atomic E-state index is 12.5. The molecule has 8 heteroatoms. The third-order valence-corrected chi connectivity index (χ3v) is 5.12. The molecule has 2 atom stereocenters. The molecular weight excluding hydrogens is 323 g/mol. The maximum Gasteiger partial charge on any atom is 0.397 e. The molecule has 0 spiro atoms. The van der Waals surface area contributed by atoms with Gasteiger partial charge in [0, 0.05) is 24.7 Å². The number of rotatable bonds is 3. The SMILES string of the molecule is CC1(N)CCCCC1C(=O)NC1CCN(C(=O)CC(F)(F)F)CC1. The number of nitrogens with zero attached hydrogens (tertiary/aromatic N) is 1. The van der Waals surface area contributed by atoms with E-state index in [-0.39, 0.29) is 31.0 Å². The minimum absolute atomic E-state index is 0.0697. The number of halogens is 3. The number of amides is 2. The molecular formula is C16H26F3N3O2. The second-order valence-electron chi connectivity index (χ2n) is 7.26. The van der Waals surface area contributed by atoms with E-state index in [0.29, 0.717) is 12.8 Å². The zero-order valence-electron chi connectivity index (χ0n) is 14.0. The zero-order chi connectivity index (χ0) is 18.0. The van der Waals surface area contributed by atoms with E-state index in [1.807, 2.05) is 6.92 Å². The number of hydrogen-bond donors (Lipinski definition) is 2. The van der Waals surface area contributed by atoms with Crippen molar-refractivity contribution in [3.8, 4) is 0 Å². The Bertz CT molecular complexity index is 472. The average molecular weight is 349 g/mol. The van der Waals surface area contributed by atoms with E-state index in [2.05, 4.69) is 5.32 Å². The lowest BCUT2D eigenvalue weighted by molar-refractivity contribution is -0.162. The molecule has 0 bridgehead atoms. The van der Waals surface area contributed by atoms with Gasteiger partial charge in [0.05, 0.1) is 5.92 Å². The average Bonchev–Trinajstić information content (AvgIpc) is 2.45. The van der Waals surface area contributed by atoms with Gasteiger partial charge in [0.15, 0.2) is 0 Å². The molecule has 24 heavy (non-hydrogen) atoms. The number of hydrogen-bond acceptors (Lipinski definition) is 3. The molecule has 0 aromatic heterocycles. The summed E-state index contributed by atoms with van der Waals surface area (Å²) in [5.41, 5.74) is 5.72. The number of carbonyl (C=O) groups is 2. The monoisotopic (exact) mass is 349 g/mol. The van der Waals surface area contributed by atoms with E-state index < -0.39 is 24.0 Å². The smallest absolute Gasteiger partial charge is 0.353 e. The second-order valence-corrected chi connectivity index (χ2v) is 7.26. The molecule has 2 aliphatic rings. The van der Waals surface area contributed by atoms with Gasteiger partial charge in [0.25, 0.3) is 0 Å². The Morgan fingerprint density at radius 3 is 2.38 bits per heavy atom. The summed E-state index contributed by atoms with van der Waals surface area (Å²) >= 11 is 0. The van der Waals surface area contributed by atoms with Crippen LogP contribution in [0.3, 0.4) is 0 Å². The van der Waals surface area contributed by atoms with E-state index in [4.69, 9.17) is 5.73 Å². The fraction of sp³-hybridized carbons (Fsp3) is 0.875. The Kier molecular flexibility index (Phi) is 5.78. The Morgan fingerprint density at radius 2 is 1.83 bits per heavy atom. The molecule has 1 heterocycles. The van der Waals surface area contributed by atoms with Gasteiger partial charge in [-0.05, 0) is 32.6 Å². The van der Waals surface area contributed by atoms with Gasteiger partial charge >= 0.3 is 6.18 Å². The van der Waals surface area contributed by atoms with Crippen LogP contribution in [0.1, 0.15) is 51.9 Å². The largest absolute Gasteiger partial charge is 0.397 e. The van der Waals surface area contributed by atoms with Crippen LogP contribution >= 0.6 is 0 Å². The summed E-state index contributed by atoms with van der Waals surface area (Å²) in [7, 11) is 0. The molecule has 1 saturated carbocycles. The highest BCUT2D eigenvalue weighted by molar-refractivity contribution is 5.80. The fourth-order valence-electron chi connectivity index (χ4n) is 3.65. The van der Waals surface area contributed by atoms with Gasteiger partial charge in [-0.2, -0.15) is 13.2 Å². The number of likely N-dealkylation sites (tertiary alicyclic amines) is 1. The first-order chi connectivity index (χ1) is 11.1. The molecule has 0 radical (unpaired) electrons. The first kappa shape index (κ1) is 19.0. The first-order valence-corrected chi connectivity index (χ1v) is 8.52. The highest BCUT2D eigenvalue weighted by Gasteiger charge is 2.39. The summed E-state index contributed by atoms with van der Waals surface area (Å²) in [4.78, 5) is 25.3. The van der Waals surface area contributed by atoms with Crippen LogP contribution in [0.4, 0.5) is 13.2 Å². The number of alkyl halides is 3. The quantitative estimate of drug-likeness (QED) is 0.818. The lowest BCUT2D eigenvalue weighted by Gasteiger charge is -2.39. The summed E-state index contributed by atoms with van der Waals surface area (Å²) < 4.78 is 36.8. The zero-order valence-corrected chi connectivity index (χ0v) is 14.0. The van der Waals surface area contributed by atoms with Gasteiger partial charge in [0.1, 0.15) is 6.42 Å². The van der Waals surface area contributed by atoms with Crippen molar-refractivity contribution >= 4 is 11.8 Å². The summed E-state index contributed by atoms with van der Waals surface area (Å²) in [6.07, 6.45) is -1.36. The van der Waals surface area contributed by atoms with Crippen molar-refractivity contribution < 1.29 is 22.8 Å². The van der Waals surface area contributed by atoms with Crippen LogP contribution in [-0.4, -0.2) is 47.6 Å². The van der Waals surface area contributed by atoms with Gasteiger partial charge in [-0.25, -0.2) is 0 Å². The number of carbonyl (C=O) groups excluding carboxylic acids is 2. The van der Waals surface area contributed by atoms with Crippen LogP contribution in [0.5, 0.6) is 0 Å². The van der Waals surface area contributed by atoms with Crippen LogP contribution in [-0.2, 0) is 9.59 Å². The van der Waals surface area contributed by atoms with E-state index >= 15 is 0 Å². The van der Waals surface area contributed by atoms with E-state index in [1.165, 1.54) is 4.90 Å². The highest BCUT2D eigenvalue weighted by Crippen LogP contribution is 2.32. The van der Waals surface area contributed by atoms with Gasteiger partial charge < -0.3 is 16.0 Å². The van der Waals surface area contributed by atoms with Gasteiger partial charge in [-0.3, -0.25) is 9.59 Å². The van der Waals surface area contributed by atoms with Crippen LogP contribution in [0.25, 0.3) is 0 Å². The summed E-state index contributed by atoms with van der Waals surface area (Å²) in [5.74, 6) is -1.19. The van der Waals surface area contributed by atoms with Gasteiger partial charge in [0.2, 0.25) is 11.8 Å².